The average Bonchev–Trinajstić information content (AvgIpc) is 3.13. The SMILES string of the molecule is Cc1c(-c2c(C(N)=O)nc3cc(F)ccc3c2C(N)=O)c(C(F)(F)F)nn1Cc1ccc(C(C)(C)C)cc1. The largest absolute Gasteiger partial charge is 0.435 e. The monoisotopic (exact) mass is 527 g/mol. The van der Waals surface area contributed by atoms with E-state index < -0.39 is 51.9 Å². The van der Waals surface area contributed by atoms with Crippen LogP contribution in [-0.2, 0) is 18.1 Å². The first-order chi connectivity index (χ1) is 17.6. The maximum absolute atomic E-state index is 14.3. The summed E-state index contributed by atoms with van der Waals surface area (Å²) in [6, 6.07) is 10.5. The van der Waals surface area contributed by atoms with Crippen molar-refractivity contribution in [1.82, 2.24) is 14.8 Å². The second kappa shape index (κ2) is 9.23. The summed E-state index contributed by atoms with van der Waals surface area (Å²) in [4.78, 5) is 29.0. The smallest absolute Gasteiger partial charge is 0.366 e. The van der Waals surface area contributed by atoms with Gasteiger partial charge in [-0.2, -0.15) is 18.3 Å². The average molecular weight is 528 g/mol. The van der Waals surface area contributed by atoms with E-state index in [1.54, 1.807) is 12.1 Å². The fourth-order valence-electron chi connectivity index (χ4n) is 4.40. The highest BCUT2D eigenvalue weighted by Crippen LogP contribution is 2.42. The minimum atomic E-state index is -4.97. The second-order valence-electron chi connectivity index (χ2n) is 10.0. The first-order valence-corrected chi connectivity index (χ1v) is 11.6. The summed E-state index contributed by atoms with van der Waals surface area (Å²) in [6.07, 6.45) is -4.97. The summed E-state index contributed by atoms with van der Waals surface area (Å²) in [6.45, 7) is 7.48. The van der Waals surface area contributed by atoms with Gasteiger partial charge < -0.3 is 11.5 Å². The number of halogens is 4. The van der Waals surface area contributed by atoms with Gasteiger partial charge in [-0.3, -0.25) is 14.3 Å². The zero-order chi connectivity index (χ0) is 28.2. The van der Waals surface area contributed by atoms with Crippen LogP contribution in [0.25, 0.3) is 22.0 Å². The Bertz CT molecular complexity index is 1580. The third kappa shape index (κ3) is 4.83. The van der Waals surface area contributed by atoms with Gasteiger partial charge in [0, 0.05) is 28.3 Å². The van der Waals surface area contributed by atoms with Crippen molar-refractivity contribution < 1.29 is 27.2 Å². The number of amides is 2. The molecule has 4 rings (SSSR count). The van der Waals surface area contributed by atoms with Gasteiger partial charge in [0.15, 0.2) is 5.69 Å². The van der Waals surface area contributed by atoms with Crippen molar-refractivity contribution in [3.63, 3.8) is 0 Å². The molecule has 0 saturated carbocycles. The highest BCUT2D eigenvalue weighted by atomic mass is 19.4. The number of primary amides is 2. The van der Waals surface area contributed by atoms with Gasteiger partial charge in [0.2, 0.25) is 5.91 Å². The van der Waals surface area contributed by atoms with Crippen LogP contribution in [0.15, 0.2) is 42.5 Å². The number of alkyl halides is 3. The minimum absolute atomic E-state index is 0.00508. The summed E-state index contributed by atoms with van der Waals surface area (Å²) in [5, 5.41) is 3.79. The van der Waals surface area contributed by atoms with E-state index in [1.807, 2.05) is 32.9 Å². The first-order valence-electron chi connectivity index (χ1n) is 11.6. The highest BCUT2D eigenvalue weighted by molar-refractivity contribution is 6.15. The van der Waals surface area contributed by atoms with Crippen LogP contribution in [0.1, 0.15) is 64.1 Å². The Labute approximate surface area is 215 Å². The molecule has 2 heterocycles. The molecule has 2 amide bonds. The molecule has 2 aromatic heterocycles. The highest BCUT2D eigenvalue weighted by Gasteiger charge is 2.41. The van der Waals surface area contributed by atoms with Crippen molar-refractivity contribution in [2.45, 2.75) is 45.8 Å². The van der Waals surface area contributed by atoms with Gasteiger partial charge in [-0.25, -0.2) is 9.37 Å². The van der Waals surface area contributed by atoms with E-state index in [0.717, 1.165) is 28.4 Å². The molecular formula is C27H25F4N5O2. The van der Waals surface area contributed by atoms with Crippen LogP contribution in [0.2, 0.25) is 0 Å². The number of carbonyl (C=O) groups excluding carboxylic acids is 2. The molecule has 0 spiro atoms. The fraction of sp³-hybridized carbons (Fsp3) is 0.259. The van der Waals surface area contributed by atoms with Gasteiger partial charge in [-0.1, -0.05) is 45.0 Å². The second-order valence-corrected chi connectivity index (χ2v) is 10.0. The Morgan fingerprint density at radius 3 is 2.11 bits per heavy atom. The van der Waals surface area contributed by atoms with Gasteiger partial charge in [0.25, 0.3) is 5.91 Å². The van der Waals surface area contributed by atoms with Gasteiger partial charge in [-0.15, -0.1) is 0 Å². The van der Waals surface area contributed by atoms with E-state index in [4.69, 9.17) is 11.5 Å². The van der Waals surface area contributed by atoms with Crippen molar-refractivity contribution in [1.29, 1.82) is 0 Å². The van der Waals surface area contributed by atoms with E-state index in [9.17, 15) is 27.2 Å². The van der Waals surface area contributed by atoms with E-state index in [1.165, 1.54) is 6.92 Å². The van der Waals surface area contributed by atoms with Crippen LogP contribution in [-0.4, -0.2) is 26.6 Å². The zero-order valence-corrected chi connectivity index (χ0v) is 21.1. The van der Waals surface area contributed by atoms with Crippen molar-refractivity contribution in [3.05, 3.63) is 82.1 Å². The molecule has 0 aliphatic rings. The van der Waals surface area contributed by atoms with E-state index in [0.29, 0.717) is 5.56 Å². The standard InChI is InChI=1S/C27H25F4N5O2/c1-13-19(21-20(24(32)37)17-10-9-16(28)11-18(17)34-22(21)25(33)38)23(27(29,30)31)35-36(13)12-14-5-7-15(8-6-14)26(2,3)4/h5-11H,12H2,1-4H3,(H2,32,37)(H2,33,38). The molecule has 0 aliphatic carbocycles. The molecule has 0 fully saturated rings. The molecule has 0 saturated heterocycles. The number of benzene rings is 2. The van der Waals surface area contributed by atoms with Crippen molar-refractivity contribution in [2.24, 2.45) is 11.5 Å². The summed E-state index contributed by atoms with van der Waals surface area (Å²) in [5.74, 6) is -3.09. The number of fused-ring (bicyclic) bond motifs is 1. The van der Waals surface area contributed by atoms with Crippen LogP contribution in [0.5, 0.6) is 0 Å². The van der Waals surface area contributed by atoms with Crippen LogP contribution < -0.4 is 11.5 Å². The molecule has 198 valence electrons. The maximum atomic E-state index is 14.3. The lowest BCUT2D eigenvalue weighted by Gasteiger charge is -2.19. The predicted octanol–water partition coefficient (Wildman–Crippen LogP) is 5.11. The number of carbonyl (C=O) groups is 2. The zero-order valence-electron chi connectivity index (χ0n) is 21.1. The number of hydrogen-bond donors (Lipinski definition) is 2. The third-order valence-corrected chi connectivity index (χ3v) is 6.31. The number of nitrogens with two attached hydrogens (primary N) is 2. The van der Waals surface area contributed by atoms with Crippen molar-refractivity contribution in [2.75, 3.05) is 0 Å². The Hall–Kier alpha value is -4.28. The normalized spacial score (nSPS) is 12.2. The molecule has 0 aliphatic heterocycles. The van der Waals surface area contributed by atoms with Crippen molar-refractivity contribution in [3.8, 4) is 11.1 Å². The molecule has 7 nitrogen and oxygen atoms in total. The maximum Gasteiger partial charge on any atom is 0.435 e. The fourth-order valence-corrected chi connectivity index (χ4v) is 4.40. The Morgan fingerprint density at radius 1 is 0.947 bits per heavy atom. The quantitative estimate of drug-likeness (QED) is 0.351. The lowest BCUT2D eigenvalue weighted by molar-refractivity contribution is -0.141. The molecule has 2 aromatic carbocycles. The Kier molecular flexibility index (Phi) is 6.50. The molecular weight excluding hydrogens is 502 g/mol. The summed E-state index contributed by atoms with van der Waals surface area (Å²) in [7, 11) is 0. The van der Waals surface area contributed by atoms with Crippen molar-refractivity contribution >= 4 is 22.7 Å². The molecule has 11 heteroatoms. The lowest BCUT2D eigenvalue weighted by Crippen LogP contribution is -2.21. The molecule has 38 heavy (non-hydrogen) atoms. The Balaban J connectivity index is 2.01. The molecule has 0 bridgehead atoms. The number of pyridine rings is 1. The van der Waals surface area contributed by atoms with Gasteiger partial charge in [0.05, 0.1) is 17.6 Å². The molecule has 4 aromatic rings. The lowest BCUT2D eigenvalue weighted by atomic mass is 9.87. The predicted molar refractivity (Wildman–Crippen MR) is 134 cm³/mol. The molecule has 0 unspecified atom stereocenters. The number of aromatic nitrogens is 3. The van der Waals surface area contributed by atoms with Crippen LogP contribution in [0.3, 0.4) is 0 Å². The van der Waals surface area contributed by atoms with E-state index in [2.05, 4.69) is 10.1 Å². The van der Waals surface area contributed by atoms with Gasteiger partial charge in [-0.05, 0) is 35.6 Å². The molecule has 0 atom stereocenters. The minimum Gasteiger partial charge on any atom is -0.366 e. The van der Waals surface area contributed by atoms with E-state index >= 15 is 0 Å². The topological polar surface area (TPSA) is 117 Å². The third-order valence-electron chi connectivity index (χ3n) is 6.31. The van der Waals surface area contributed by atoms with Gasteiger partial charge >= 0.3 is 6.18 Å². The number of nitrogens with zero attached hydrogens (tertiary/aromatic N) is 3. The van der Waals surface area contributed by atoms with Crippen LogP contribution in [0, 0.1) is 12.7 Å². The molecule has 0 radical (unpaired) electrons. The van der Waals surface area contributed by atoms with Crippen LogP contribution >= 0.6 is 0 Å². The van der Waals surface area contributed by atoms with Crippen LogP contribution in [0.4, 0.5) is 17.6 Å². The summed E-state index contributed by atoms with van der Waals surface area (Å²) < 4.78 is 57.9. The first kappa shape index (κ1) is 26.8. The number of hydrogen-bond acceptors (Lipinski definition) is 4. The van der Waals surface area contributed by atoms with E-state index in [-0.39, 0.29) is 28.6 Å². The summed E-state index contributed by atoms with van der Waals surface area (Å²) >= 11 is 0. The Morgan fingerprint density at radius 2 is 1.58 bits per heavy atom. The van der Waals surface area contributed by atoms with Gasteiger partial charge in [0.1, 0.15) is 11.5 Å². The molecule has 4 N–H and O–H groups in total. The summed E-state index contributed by atoms with van der Waals surface area (Å²) in [5.41, 5.74) is 9.06. The number of rotatable bonds is 5.